The van der Waals surface area contributed by atoms with Crippen molar-refractivity contribution in [1.82, 2.24) is 20.3 Å². The molecule has 0 aliphatic carbocycles. The number of hydrogen-bond acceptors (Lipinski definition) is 8. The van der Waals surface area contributed by atoms with Gasteiger partial charge in [0, 0.05) is 52.1 Å². The van der Waals surface area contributed by atoms with Gasteiger partial charge in [0.2, 0.25) is 0 Å². The average Bonchev–Trinajstić information content (AvgIpc) is 2.89. The highest BCUT2D eigenvalue weighted by Gasteiger charge is 2.17. The van der Waals surface area contributed by atoms with Gasteiger partial charge in [0.1, 0.15) is 5.82 Å². The molecule has 3 N–H and O–H groups in total. The Kier molecular flexibility index (Phi) is 7.53. The van der Waals surface area contributed by atoms with Crippen LogP contribution in [0.25, 0.3) is 32.9 Å². The Balaban J connectivity index is 1.70. The maximum absolute atomic E-state index is 12.1. The van der Waals surface area contributed by atoms with Gasteiger partial charge < -0.3 is 25.3 Å². The van der Waals surface area contributed by atoms with Gasteiger partial charge in [0.05, 0.1) is 25.4 Å². The van der Waals surface area contributed by atoms with Crippen LogP contribution in [0.4, 0.5) is 10.6 Å². The summed E-state index contributed by atoms with van der Waals surface area (Å²) < 4.78 is 16.4. The molecule has 1 aromatic carbocycles. The fourth-order valence-electron chi connectivity index (χ4n) is 3.90. The second kappa shape index (κ2) is 10.8. The van der Waals surface area contributed by atoms with E-state index in [9.17, 15) is 4.79 Å². The minimum absolute atomic E-state index is 0.350. The van der Waals surface area contributed by atoms with E-state index in [1.165, 1.54) is 0 Å². The van der Waals surface area contributed by atoms with Crippen molar-refractivity contribution in [2.24, 2.45) is 0 Å². The van der Waals surface area contributed by atoms with Crippen LogP contribution >= 0.6 is 0 Å². The molecule has 0 unspecified atom stereocenters. The van der Waals surface area contributed by atoms with Gasteiger partial charge in [-0.25, -0.2) is 9.78 Å². The summed E-state index contributed by atoms with van der Waals surface area (Å²) >= 11 is 0. The Hall–Kier alpha value is -4.58. The molecule has 38 heavy (non-hydrogen) atoms. The lowest BCUT2D eigenvalue weighted by atomic mass is 10.0. The standard InChI is InChI=1S/C29H31N5O4/c1-7-19(38-28(35)34-29(2,3)4)9-8-17-10-18(15-31-14-17)23-11-20-21-12-25(36-5)26(37-6)13-24(21)32-16-22(20)27(30)33-23/h10-16,19H,7H2,1-6H3,(H2,30,33)(H,34,35)/t19-/m1/s1. The fraction of sp³-hybridized carbons (Fsp3) is 0.310. The number of nitrogens with two attached hydrogens (primary N) is 1. The largest absolute Gasteiger partial charge is 0.493 e. The average molecular weight is 514 g/mol. The van der Waals surface area contributed by atoms with Gasteiger partial charge in [0.15, 0.2) is 17.6 Å². The number of hydrogen-bond donors (Lipinski definition) is 2. The predicted molar refractivity (Wildman–Crippen MR) is 148 cm³/mol. The highest BCUT2D eigenvalue weighted by atomic mass is 16.6. The lowest BCUT2D eigenvalue weighted by Gasteiger charge is -2.21. The van der Waals surface area contributed by atoms with Crippen molar-refractivity contribution >= 4 is 33.6 Å². The fourth-order valence-corrected chi connectivity index (χ4v) is 3.90. The number of alkyl carbamates (subject to hydrolysis) is 1. The van der Waals surface area contributed by atoms with Gasteiger partial charge in [-0.3, -0.25) is 9.97 Å². The van der Waals surface area contributed by atoms with Gasteiger partial charge >= 0.3 is 6.09 Å². The van der Waals surface area contributed by atoms with Crippen molar-refractivity contribution in [3.8, 4) is 34.6 Å². The molecular weight excluding hydrogens is 482 g/mol. The second-order valence-electron chi connectivity index (χ2n) is 9.75. The lowest BCUT2D eigenvalue weighted by molar-refractivity contribution is 0.114. The van der Waals surface area contributed by atoms with Crippen molar-refractivity contribution in [3.63, 3.8) is 0 Å². The highest BCUT2D eigenvalue weighted by molar-refractivity contribution is 6.10. The van der Waals surface area contributed by atoms with Crippen LogP contribution in [-0.2, 0) is 4.74 Å². The number of benzene rings is 1. The van der Waals surface area contributed by atoms with Crippen LogP contribution in [0.5, 0.6) is 11.5 Å². The van der Waals surface area contributed by atoms with Crippen LogP contribution in [0.3, 0.4) is 0 Å². The zero-order chi connectivity index (χ0) is 27.4. The molecule has 0 aliphatic heterocycles. The molecule has 0 spiro atoms. The van der Waals surface area contributed by atoms with E-state index in [0.717, 1.165) is 27.2 Å². The third-order valence-electron chi connectivity index (χ3n) is 5.72. The molecular formula is C29H31N5O4. The van der Waals surface area contributed by atoms with Crippen LogP contribution in [0, 0.1) is 11.8 Å². The van der Waals surface area contributed by atoms with Crippen molar-refractivity contribution in [3.05, 3.63) is 48.4 Å². The number of nitrogen functional groups attached to an aromatic ring is 1. The van der Waals surface area contributed by atoms with E-state index in [1.54, 1.807) is 32.8 Å². The number of aromatic nitrogens is 3. The van der Waals surface area contributed by atoms with E-state index in [1.807, 2.05) is 52.0 Å². The monoisotopic (exact) mass is 513 g/mol. The number of nitrogens with one attached hydrogen (secondary N) is 1. The molecule has 0 saturated carbocycles. The van der Waals surface area contributed by atoms with Gasteiger partial charge in [-0.05, 0) is 50.8 Å². The Bertz CT molecular complexity index is 1570. The van der Waals surface area contributed by atoms with Gasteiger partial charge in [-0.1, -0.05) is 18.8 Å². The summed E-state index contributed by atoms with van der Waals surface area (Å²) in [6, 6.07) is 7.54. The highest BCUT2D eigenvalue weighted by Crippen LogP contribution is 2.36. The molecule has 9 nitrogen and oxygen atoms in total. The zero-order valence-electron chi connectivity index (χ0n) is 22.4. The summed E-state index contributed by atoms with van der Waals surface area (Å²) in [4.78, 5) is 25.6. The molecule has 196 valence electrons. The summed E-state index contributed by atoms with van der Waals surface area (Å²) in [5, 5.41) is 5.24. The molecule has 0 aliphatic rings. The maximum atomic E-state index is 12.1. The molecule has 3 heterocycles. The number of amides is 1. The van der Waals surface area contributed by atoms with Crippen molar-refractivity contribution in [2.75, 3.05) is 20.0 Å². The van der Waals surface area contributed by atoms with E-state index >= 15 is 0 Å². The lowest BCUT2D eigenvalue weighted by Crippen LogP contribution is -2.42. The number of fused-ring (bicyclic) bond motifs is 3. The zero-order valence-corrected chi connectivity index (χ0v) is 22.4. The van der Waals surface area contributed by atoms with E-state index in [2.05, 4.69) is 32.1 Å². The number of nitrogens with zero attached hydrogens (tertiary/aromatic N) is 3. The number of carbonyl (C=O) groups is 1. The Labute approximate surface area is 221 Å². The summed E-state index contributed by atoms with van der Waals surface area (Å²) in [6.45, 7) is 7.57. The van der Waals surface area contributed by atoms with E-state index in [0.29, 0.717) is 35.0 Å². The normalized spacial score (nSPS) is 11.9. The van der Waals surface area contributed by atoms with Gasteiger partial charge in [-0.15, -0.1) is 0 Å². The summed E-state index contributed by atoms with van der Waals surface area (Å²) in [6.07, 6.45) is 4.56. The van der Waals surface area contributed by atoms with Crippen molar-refractivity contribution in [1.29, 1.82) is 0 Å². The Morgan fingerprint density at radius 2 is 1.76 bits per heavy atom. The summed E-state index contributed by atoms with van der Waals surface area (Å²) in [5.74, 6) is 7.62. The molecule has 9 heteroatoms. The topological polar surface area (TPSA) is 121 Å². The molecule has 1 atom stereocenters. The number of pyridine rings is 3. The predicted octanol–water partition coefficient (Wildman–Crippen LogP) is 5.10. The minimum Gasteiger partial charge on any atom is -0.493 e. The summed E-state index contributed by atoms with van der Waals surface area (Å²) in [7, 11) is 3.18. The number of anilines is 1. The maximum Gasteiger partial charge on any atom is 0.408 e. The first-order chi connectivity index (χ1) is 18.1. The van der Waals surface area contributed by atoms with E-state index in [-0.39, 0.29) is 0 Å². The van der Waals surface area contributed by atoms with Crippen LogP contribution < -0.4 is 20.5 Å². The summed E-state index contributed by atoms with van der Waals surface area (Å²) in [5.41, 5.74) is 8.74. The third-order valence-corrected chi connectivity index (χ3v) is 5.72. The second-order valence-corrected chi connectivity index (χ2v) is 9.75. The number of rotatable bonds is 5. The van der Waals surface area contributed by atoms with Crippen LogP contribution in [0.15, 0.2) is 42.9 Å². The number of ether oxygens (including phenoxy) is 3. The molecule has 1 amide bonds. The van der Waals surface area contributed by atoms with Gasteiger partial charge in [0.25, 0.3) is 0 Å². The van der Waals surface area contributed by atoms with E-state index in [4.69, 9.17) is 19.9 Å². The van der Waals surface area contributed by atoms with Gasteiger partial charge in [-0.2, -0.15) is 0 Å². The molecule has 3 aromatic heterocycles. The van der Waals surface area contributed by atoms with Crippen LogP contribution in [0.2, 0.25) is 0 Å². The SMILES string of the molecule is CC[C@H](C#Cc1cncc(-c2cc3c(cnc4cc(OC)c(OC)cc43)c(N)n2)c1)OC(=O)NC(C)(C)C. The third kappa shape index (κ3) is 5.86. The molecule has 0 bridgehead atoms. The molecule has 4 rings (SSSR count). The first-order valence-corrected chi connectivity index (χ1v) is 12.2. The molecule has 0 fully saturated rings. The van der Waals surface area contributed by atoms with Crippen LogP contribution in [-0.4, -0.2) is 46.9 Å². The Morgan fingerprint density at radius 3 is 2.45 bits per heavy atom. The van der Waals surface area contributed by atoms with E-state index < -0.39 is 17.7 Å². The quantitative estimate of drug-likeness (QED) is 0.279. The molecule has 0 saturated heterocycles. The first kappa shape index (κ1) is 26.5. The minimum atomic E-state index is -0.554. The Morgan fingerprint density at radius 1 is 1.03 bits per heavy atom. The smallest absolute Gasteiger partial charge is 0.408 e. The number of methoxy groups -OCH3 is 2. The van der Waals surface area contributed by atoms with Crippen molar-refractivity contribution in [2.45, 2.75) is 45.8 Å². The number of carbonyl (C=O) groups excluding carboxylic acids is 1. The first-order valence-electron chi connectivity index (χ1n) is 12.2. The molecule has 0 radical (unpaired) electrons. The van der Waals surface area contributed by atoms with Crippen molar-refractivity contribution < 1.29 is 19.0 Å². The van der Waals surface area contributed by atoms with Crippen LogP contribution in [0.1, 0.15) is 39.7 Å². The molecule has 4 aromatic rings.